The first kappa shape index (κ1) is 64.0. The molecule has 26 aromatic rings. The number of rotatable bonds is 7. The second-order valence-electron chi connectivity index (χ2n) is 31.5. The Morgan fingerprint density at radius 3 is 1.07 bits per heavy atom. The number of thiophene rings is 2. The molecule has 0 atom stereocenters. The van der Waals surface area contributed by atoms with Crippen LogP contribution < -0.4 is 0 Å². The van der Waals surface area contributed by atoms with E-state index in [0.29, 0.717) is 0 Å². The number of hydrogen-bond donors (Lipinski definition) is 0. The van der Waals surface area contributed by atoms with Crippen LogP contribution in [0.2, 0.25) is 0 Å². The Morgan fingerprint density at radius 2 is 0.526 bits per heavy atom. The van der Waals surface area contributed by atoms with Gasteiger partial charge < -0.3 is 8.83 Å². The zero-order chi connectivity index (χ0) is 75.5. The van der Waals surface area contributed by atoms with Crippen molar-refractivity contribution in [3.63, 3.8) is 0 Å². The Labute approximate surface area is 672 Å². The minimum absolute atomic E-state index is 0.925. The molecule has 0 bridgehead atoms. The summed E-state index contributed by atoms with van der Waals surface area (Å²) < 4.78 is 17.8. The quantitative estimate of drug-likeness (QED) is 0.149. The van der Waals surface area contributed by atoms with Crippen molar-refractivity contribution in [1.82, 2.24) is 0 Å². The third-order valence-corrected chi connectivity index (χ3v) is 27.7. The lowest BCUT2D eigenvalue weighted by atomic mass is 9.81. The molecule has 0 spiro atoms. The average molecular weight is 1500 g/mol. The van der Waals surface area contributed by atoms with Crippen molar-refractivity contribution in [2.75, 3.05) is 0 Å². The van der Waals surface area contributed by atoms with E-state index in [1.54, 1.807) is 0 Å². The van der Waals surface area contributed by atoms with Crippen molar-refractivity contribution < 1.29 is 8.83 Å². The van der Waals surface area contributed by atoms with Gasteiger partial charge in [-0.05, 0) is 271 Å². The highest BCUT2D eigenvalue weighted by molar-refractivity contribution is 7.27. The molecule has 0 unspecified atom stereocenters. The van der Waals surface area contributed by atoms with E-state index in [1.807, 2.05) is 28.7 Å². The summed E-state index contributed by atoms with van der Waals surface area (Å²) in [7, 11) is 0. The van der Waals surface area contributed by atoms with E-state index in [2.05, 4.69) is 370 Å². The SMILES string of the molecule is c1ccc2c(-c3c4ccccc4c(-c4ccc(-c5ccc6cc7c(cc6c5)sc5cc6oc8ccccc8c6cc57)c5ccccc45)c4cc(-c5ccc6c(-c7cccc8ccccc78)c7ccccc7c(-c7ccc(-c8ccc9cc%10c(cc9c8)sc8c%10ccc9oc%10ccccc%10c98)c8ccccc78)c6c5)ccc34)cccc2c1. The molecular weight excluding hydrogens is 1440 g/mol. The largest absolute Gasteiger partial charge is 0.456 e. The molecule has 4 heteroatoms. The fraction of sp³-hybridized carbons (Fsp3) is 0. The predicted octanol–water partition coefficient (Wildman–Crippen LogP) is 33.4. The minimum Gasteiger partial charge on any atom is -0.456 e. The highest BCUT2D eigenvalue weighted by Crippen LogP contribution is 2.54. The number of fused-ring (bicyclic) bond motifs is 23. The molecule has 0 fully saturated rings. The van der Waals surface area contributed by atoms with E-state index in [1.165, 1.54) is 220 Å². The highest BCUT2D eigenvalue weighted by Gasteiger charge is 2.26. The summed E-state index contributed by atoms with van der Waals surface area (Å²) in [6.45, 7) is 0. The Hall–Kier alpha value is -14.5. The van der Waals surface area contributed by atoms with Crippen LogP contribution in [0.5, 0.6) is 0 Å². The molecule has 534 valence electrons. The van der Waals surface area contributed by atoms with Gasteiger partial charge >= 0.3 is 0 Å². The van der Waals surface area contributed by atoms with E-state index in [4.69, 9.17) is 8.83 Å². The number of benzene rings is 22. The van der Waals surface area contributed by atoms with Crippen LogP contribution in [0.1, 0.15) is 0 Å². The van der Waals surface area contributed by atoms with Crippen molar-refractivity contribution in [3.8, 4) is 77.9 Å². The maximum atomic E-state index is 6.39. The van der Waals surface area contributed by atoms with Gasteiger partial charge in [0.1, 0.15) is 22.3 Å². The van der Waals surface area contributed by atoms with Crippen LogP contribution in [0.4, 0.5) is 0 Å². The molecule has 22 aromatic carbocycles. The van der Waals surface area contributed by atoms with Gasteiger partial charge in [0.05, 0.1) is 0 Å². The maximum absolute atomic E-state index is 6.39. The lowest BCUT2D eigenvalue weighted by Crippen LogP contribution is -1.95. The van der Waals surface area contributed by atoms with Crippen LogP contribution in [-0.4, -0.2) is 0 Å². The van der Waals surface area contributed by atoms with Gasteiger partial charge in [0.15, 0.2) is 0 Å². The minimum atomic E-state index is 0.925. The van der Waals surface area contributed by atoms with Crippen LogP contribution in [0, 0.1) is 0 Å². The highest BCUT2D eigenvalue weighted by atomic mass is 32.1. The zero-order valence-corrected chi connectivity index (χ0v) is 64.1. The van der Waals surface area contributed by atoms with E-state index < -0.39 is 0 Å². The van der Waals surface area contributed by atoms with Crippen LogP contribution >= 0.6 is 22.7 Å². The van der Waals surface area contributed by atoms with E-state index in [0.717, 1.165) is 49.6 Å². The van der Waals surface area contributed by atoms with Crippen molar-refractivity contribution >= 4 is 215 Å². The van der Waals surface area contributed by atoms with Crippen molar-refractivity contribution in [2.45, 2.75) is 0 Å². The molecule has 0 aliphatic rings. The van der Waals surface area contributed by atoms with Crippen LogP contribution in [0.3, 0.4) is 0 Å². The molecule has 0 radical (unpaired) electrons. The van der Waals surface area contributed by atoms with E-state index in [9.17, 15) is 0 Å². The first-order valence-electron chi connectivity index (χ1n) is 39.9. The molecule has 116 heavy (non-hydrogen) atoms. The van der Waals surface area contributed by atoms with Gasteiger partial charge in [-0.1, -0.05) is 291 Å². The fourth-order valence-corrected chi connectivity index (χ4v) is 22.6. The van der Waals surface area contributed by atoms with Gasteiger partial charge in [-0.15, -0.1) is 22.7 Å². The van der Waals surface area contributed by atoms with Gasteiger partial charge in [0, 0.05) is 61.9 Å². The molecule has 0 saturated carbocycles. The molecule has 26 rings (SSSR count). The second-order valence-corrected chi connectivity index (χ2v) is 33.6. The number of para-hydroxylation sites is 2. The molecule has 0 aliphatic heterocycles. The Balaban J connectivity index is 0.673. The van der Waals surface area contributed by atoms with Crippen LogP contribution in [0.25, 0.3) is 270 Å². The standard InChI is InChI=1S/C112H62O2S2/c1-3-23-73-63(19-1)21-17-35-82(73)107-84-30-9-11-32-86(84)109(88-49-47-75(77-25-5-7-27-79(77)88)69-42-40-68-56-96-97-61-94-81-29-13-15-37-100(81)114-103(94)62-106(97)115-104(96)59-71(68)53-69)98-57-65(43-45-90(98)107)66-44-46-91-99(58-66)110(87-33-12-10-31-85(87)108(91)83-36-18-22-64-20-2-4-24-74(64)83)89-50-48-76(78-26-6-8-28-80(78)89)70-41-39-67-55-95-92-51-52-102-111(93-34-14-16-38-101(93)113-102)112(92)116-105(95)60-72(67)54-70/h1-62H. The summed E-state index contributed by atoms with van der Waals surface area (Å²) in [5.74, 6) is 0. The zero-order valence-electron chi connectivity index (χ0n) is 62.4. The molecule has 4 heterocycles. The molecule has 4 aromatic heterocycles. The maximum Gasteiger partial charge on any atom is 0.136 e. The van der Waals surface area contributed by atoms with Gasteiger partial charge in [-0.3, -0.25) is 0 Å². The monoisotopic (exact) mass is 1500 g/mol. The second kappa shape index (κ2) is 24.5. The lowest BCUT2D eigenvalue weighted by Gasteiger charge is -2.22. The van der Waals surface area contributed by atoms with Crippen molar-refractivity contribution in [1.29, 1.82) is 0 Å². The fourth-order valence-electron chi connectivity index (χ4n) is 20.2. The van der Waals surface area contributed by atoms with Crippen LogP contribution in [-0.2, 0) is 0 Å². The molecule has 0 aliphatic carbocycles. The van der Waals surface area contributed by atoms with Crippen LogP contribution in [0.15, 0.2) is 385 Å². The normalized spacial score (nSPS) is 12.3. The third-order valence-electron chi connectivity index (χ3n) is 25.4. The summed E-state index contributed by atoms with van der Waals surface area (Å²) in [6, 6.07) is 142. The first-order chi connectivity index (χ1) is 57.5. The lowest BCUT2D eigenvalue weighted by molar-refractivity contribution is 0.669. The Kier molecular flexibility index (Phi) is 13.5. The predicted molar refractivity (Wildman–Crippen MR) is 500 cm³/mol. The number of furan rings is 2. The smallest absolute Gasteiger partial charge is 0.136 e. The number of hydrogen-bond acceptors (Lipinski definition) is 4. The molecule has 0 N–H and O–H groups in total. The van der Waals surface area contributed by atoms with Gasteiger partial charge in [0.25, 0.3) is 0 Å². The van der Waals surface area contributed by atoms with Gasteiger partial charge in [-0.25, -0.2) is 0 Å². The molecular formula is C112H62O2S2. The van der Waals surface area contributed by atoms with Gasteiger partial charge in [-0.2, -0.15) is 0 Å². The summed E-state index contributed by atoms with van der Waals surface area (Å²) in [5.41, 5.74) is 20.5. The molecule has 0 saturated heterocycles. The Bertz CT molecular complexity index is 8830. The summed E-state index contributed by atoms with van der Waals surface area (Å²) in [5, 5.41) is 34.1. The summed E-state index contributed by atoms with van der Waals surface area (Å²) in [6.07, 6.45) is 0. The van der Waals surface area contributed by atoms with Crippen molar-refractivity contribution in [3.05, 3.63) is 376 Å². The third kappa shape index (κ3) is 9.39. The Morgan fingerprint density at radius 1 is 0.155 bits per heavy atom. The molecule has 0 amide bonds. The van der Waals surface area contributed by atoms with E-state index >= 15 is 0 Å². The van der Waals surface area contributed by atoms with Crippen molar-refractivity contribution in [2.24, 2.45) is 0 Å². The summed E-state index contributed by atoms with van der Waals surface area (Å²) in [4.78, 5) is 0. The topological polar surface area (TPSA) is 26.3 Å². The average Bonchev–Trinajstić information content (AvgIpc) is 1.28. The first-order valence-corrected chi connectivity index (χ1v) is 41.5. The van der Waals surface area contributed by atoms with E-state index in [-0.39, 0.29) is 0 Å². The summed E-state index contributed by atoms with van der Waals surface area (Å²) >= 11 is 3.71. The molecule has 2 nitrogen and oxygen atoms in total. The van der Waals surface area contributed by atoms with Gasteiger partial charge in [0.2, 0.25) is 0 Å².